The smallest absolute Gasteiger partial charge is 0.409 e. The lowest BCUT2D eigenvalue weighted by molar-refractivity contribution is -0.345. The van der Waals surface area contributed by atoms with Gasteiger partial charge in [-0.2, -0.15) is 0 Å². The summed E-state index contributed by atoms with van der Waals surface area (Å²) in [4.78, 5) is 86.2. The summed E-state index contributed by atoms with van der Waals surface area (Å²) >= 11 is 0. The lowest BCUT2D eigenvalue weighted by Gasteiger charge is -2.67. The number of carbonyl (C=O) groups is 6. The number of methoxy groups -OCH3 is 1. The molecule has 2 aromatic rings. The zero-order valence-corrected chi connectivity index (χ0v) is 36.7. The van der Waals surface area contributed by atoms with Gasteiger partial charge in [-0.05, 0) is 42.7 Å². The van der Waals surface area contributed by atoms with Crippen LogP contribution in [0.2, 0.25) is 0 Å². The second kappa shape index (κ2) is 17.1. The monoisotopic (exact) mass is 863 g/mol. The van der Waals surface area contributed by atoms with E-state index in [0.29, 0.717) is 11.1 Å². The number of Topliss-reactive ketones (excluding diaryl/α,β-unsaturated/α-hetero) is 1. The van der Waals surface area contributed by atoms with E-state index in [1.807, 2.05) is 0 Å². The van der Waals surface area contributed by atoms with Gasteiger partial charge in [-0.25, -0.2) is 19.2 Å². The van der Waals surface area contributed by atoms with Crippen molar-refractivity contribution in [2.45, 2.75) is 101 Å². The first-order valence-electron chi connectivity index (χ1n) is 20.4. The molecule has 3 aliphatic carbocycles. The molecule has 11 atom stereocenters. The molecule has 0 aromatic heterocycles. The molecular weight excluding hydrogens is 807 g/mol. The van der Waals surface area contributed by atoms with E-state index in [1.165, 1.54) is 71.1 Å². The second-order valence-corrected chi connectivity index (χ2v) is 17.7. The van der Waals surface area contributed by atoms with E-state index in [1.54, 1.807) is 69.3 Å². The van der Waals surface area contributed by atoms with Crippen LogP contribution >= 0.6 is 0 Å². The van der Waals surface area contributed by atoms with Gasteiger partial charge in [-0.15, -0.1) is 0 Å². The number of urea groups is 1. The molecule has 3 fully saturated rings. The minimum absolute atomic E-state index is 0.0914. The van der Waals surface area contributed by atoms with E-state index in [0.717, 1.165) is 0 Å². The van der Waals surface area contributed by atoms with Gasteiger partial charge >= 0.3 is 30.0 Å². The van der Waals surface area contributed by atoms with Crippen LogP contribution in [0.5, 0.6) is 0 Å². The van der Waals surface area contributed by atoms with Gasteiger partial charge in [0, 0.05) is 60.5 Å². The van der Waals surface area contributed by atoms with Crippen molar-refractivity contribution < 1.29 is 67.4 Å². The lowest BCUT2D eigenvalue weighted by Crippen LogP contribution is -2.82. The first kappa shape index (κ1) is 46.2. The molecule has 17 heteroatoms. The topological polar surface area (TPSA) is 217 Å². The average molecular weight is 864 g/mol. The van der Waals surface area contributed by atoms with Crippen LogP contribution in [0.4, 0.5) is 9.59 Å². The summed E-state index contributed by atoms with van der Waals surface area (Å²) in [7, 11) is 7.23. The van der Waals surface area contributed by atoms with Crippen LogP contribution in [-0.4, -0.2) is 146 Å². The number of hydrogen-bond donors (Lipinski definition) is 3. The maximum Gasteiger partial charge on any atom is 0.409 e. The molecule has 2 saturated carbocycles. The number of nitrogens with zero attached hydrogens (tertiary/aromatic N) is 2. The molecule has 4 aliphatic rings. The summed E-state index contributed by atoms with van der Waals surface area (Å²) in [5.74, 6) is -4.98. The minimum atomic E-state index is -2.32. The molecule has 1 heterocycles. The van der Waals surface area contributed by atoms with E-state index < -0.39 is 113 Å². The first-order valence-corrected chi connectivity index (χ1v) is 20.4. The van der Waals surface area contributed by atoms with Crippen molar-refractivity contribution in [1.29, 1.82) is 0 Å². The Kier molecular flexibility index (Phi) is 12.7. The third-order valence-electron chi connectivity index (χ3n) is 13.4. The Bertz CT molecular complexity index is 2110. The Morgan fingerprint density at radius 1 is 0.903 bits per heavy atom. The van der Waals surface area contributed by atoms with Gasteiger partial charge in [-0.3, -0.25) is 9.59 Å². The highest BCUT2D eigenvalue weighted by Gasteiger charge is 2.79. The number of rotatable bonds is 10. The van der Waals surface area contributed by atoms with Gasteiger partial charge in [0.25, 0.3) is 0 Å². The SMILES string of the molecule is CO[C@H]1C(=O)[C@]2(C)[C@@H](OC(=O)N(C)C)C[C@H]3OC[C@@]3(OC(C)=O)[C@H]2[C@H](OC(=O)c2ccccc2)[C@]2(O)C[C@H](OC(=O)[C@H](O)[C@@H](NC(=O)N(C)C)c3ccccc3)C(C)=C1C2(C)C. The highest BCUT2D eigenvalue weighted by molar-refractivity contribution is 5.94. The highest BCUT2D eigenvalue weighted by Crippen LogP contribution is 2.65. The van der Waals surface area contributed by atoms with Crippen LogP contribution in [0, 0.1) is 16.7 Å². The van der Waals surface area contributed by atoms with Crippen LogP contribution in [-0.2, 0) is 42.8 Å². The minimum Gasteiger partial charge on any atom is -0.456 e. The normalized spacial score (nSPS) is 31.8. The number of ketones is 1. The van der Waals surface area contributed by atoms with E-state index in [4.69, 9.17) is 28.4 Å². The average Bonchev–Trinajstić information content (AvgIpc) is 3.22. The lowest BCUT2D eigenvalue weighted by atomic mass is 9.44. The molecule has 17 nitrogen and oxygen atoms in total. The number of aliphatic hydroxyl groups excluding tert-OH is 1. The fraction of sp³-hybridized carbons (Fsp3) is 0.556. The van der Waals surface area contributed by atoms with Crippen molar-refractivity contribution in [3.8, 4) is 0 Å². The maximum atomic E-state index is 15.8. The van der Waals surface area contributed by atoms with Gasteiger partial charge < -0.3 is 53.8 Å². The van der Waals surface area contributed by atoms with Gasteiger partial charge in [0.2, 0.25) is 0 Å². The Morgan fingerprint density at radius 2 is 1.52 bits per heavy atom. The predicted octanol–water partition coefficient (Wildman–Crippen LogP) is 3.37. The summed E-state index contributed by atoms with van der Waals surface area (Å²) in [5, 5.41) is 28.1. The zero-order valence-electron chi connectivity index (χ0n) is 36.7. The molecule has 2 bridgehead atoms. The predicted molar refractivity (Wildman–Crippen MR) is 219 cm³/mol. The fourth-order valence-electron chi connectivity index (χ4n) is 9.95. The molecule has 0 unspecified atom stereocenters. The van der Waals surface area contributed by atoms with Crippen LogP contribution in [0.3, 0.4) is 0 Å². The molecule has 0 spiro atoms. The number of amides is 3. The van der Waals surface area contributed by atoms with Gasteiger partial charge in [-0.1, -0.05) is 62.4 Å². The molecule has 3 amide bonds. The Labute approximate surface area is 360 Å². The molecule has 1 aliphatic heterocycles. The second-order valence-electron chi connectivity index (χ2n) is 17.7. The first-order chi connectivity index (χ1) is 29.1. The Hall–Kier alpha value is -5.36. The molecule has 336 valence electrons. The van der Waals surface area contributed by atoms with Gasteiger partial charge in [0.05, 0.1) is 29.5 Å². The summed E-state index contributed by atoms with van der Waals surface area (Å²) in [6, 6.07) is 14.4. The molecule has 6 rings (SSSR count). The number of fused-ring (bicyclic) bond motifs is 5. The van der Waals surface area contributed by atoms with E-state index in [2.05, 4.69) is 5.32 Å². The number of benzene rings is 2. The van der Waals surface area contributed by atoms with E-state index in [9.17, 15) is 34.2 Å². The zero-order chi connectivity index (χ0) is 45.7. The van der Waals surface area contributed by atoms with Crippen molar-refractivity contribution in [1.82, 2.24) is 15.1 Å². The quantitative estimate of drug-likeness (QED) is 0.177. The number of ether oxygens (including phenoxy) is 6. The molecule has 2 aromatic carbocycles. The summed E-state index contributed by atoms with van der Waals surface area (Å²) in [5.41, 5.74) is -6.56. The standard InChI is InChI=1S/C45H57N3O14/c1-24-28(59-39(53)33(50)32(46-40(54)47(6)7)26-17-13-11-14-18-26)22-45(56)37(61-38(52)27-19-15-12-16-20-27)35-43(5,36(51)34(57-10)31(24)42(45,3)4)29(60-41(55)48(8)9)21-30-44(35,23-58-30)62-25(2)49/h11-20,28-30,32-35,37,50,56H,21-23H2,1-10H3,(H,46,54)/t28-,29-,30+,32-,33+,34+,35-,37-,43+,44-,45+/m0/s1. The summed E-state index contributed by atoms with van der Waals surface area (Å²) < 4.78 is 37.0. The van der Waals surface area contributed by atoms with Crippen molar-refractivity contribution in [2.24, 2.45) is 16.7 Å². The van der Waals surface area contributed by atoms with Crippen LogP contribution < -0.4 is 5.32 Å². The summed E-state index contributed by atoms with van der Waals surface area (Å²) in [6.45, 7) is 7.32. The number of aliphatic hydroxyl groups is 2. The molecule has 3 N–H and O–H groups in total. The van der Waals surface area contributed by atoms with Crippen LogP contribution in [0.1, 0.15) is 69.4 Å². The number of hydrogen-bond acceptors (Lipinski definition) is 14. The molecule has 1 saturated heterocycles. The Balaban J connectivity index is 1.57. The summed E-state index contributed by atoms with van der Waals surface area (Å²) in [6.07, 6.45) is -10.4. The third kappa shape index (κ3) is 7.62. The van der Waals surface area contributed by atoms with Crippen molar-refractivity contribution >= 4 is 35.8 Å². The van der Waals surface area contributed by atoms with Crippen molar-refractivity contribution in [2.75, 3.05) is 41.9 Å². The van der Waals surface area contributed by atoms with Gasteiger partial charge in [0.15, 0.2) is 17.5 Å². The van der Waals surface area contributed by atoms with E-state index in [-0.39, 0.29) is 24.2 Å². The number of carbonyl (C=O) groups excluding carboxylic acids is 6. The fourth-order valence-corrected chi connectivity index (χ4v) is 9.95. The maximum absolute atomic E-state index is 15.8. The molecule has 0 radical (unpaired) electrons. The number of nitrogens with one attached hydrogen (secondary N) is 1. The molecular formula is C45H57N3O14. The van der Waals surface area contributed by atoms with Crippen molar-refractivity contribution in [3.63, 3.8) is 0 Å². The Morgan fingerprint density at radius 3 is 2.05 bits per heavy atom. The largest absolute Gasteiger partial charge is 0.456 e. The molecule has 62 heavy (non-hydrogen) atoms. The van der Waals surface area contributed by atoms with Gasteiger partial charge in [0.1, 0.15) is 36.1 Å². The third-order valence-corrected chi connectivity index (χ3v) is 13.4. The highest BCUT2D eigenvalue weighted by atomic mass is 16.6. The van der Waals surface area contributed by atoms with Crippen molar-refractivity contribution in [3.05, 3.63) is 82.9 Å². The van der Waals surface area contributed by atoms with Crippen LogP contribution in [0.15, 0.2) is 71.8 Å². The van der Waals surface area contributed by atoms with Crippen LogP contribution in [0.25, 0.3) is 0 Å². The van der Waals surface area contributed by atoms with E-state index >= 15 is 4.79 Å². The number of esters is 3.